The molecule has 1 aromatic heterocycles. The summed E-state index contributed by atoms with van der Waals surface area (Å²) in [5.74, 6) is 2.18. The lowest BCUT2D eigenvalue weighted by atomic mass is 10.1. The minimum absolute atomic E-state index is 0.347. The Kier molecular flexibility index (Phi) is 6.38. The molecule has 17 heavy (non-hydrogen) atoms. The fourth-order valence-corrected chi connectivity index (χ4v) is 1.77. The summed E-state index contributed by atoms with van der Waals surface area (Å²) in [4.78, 5) is 11.6. The Morgan fingerprint density at radius 1 is 1.29 bits per heavy atom. The molecule has 1 heterocycles. The topological polar surface area (TPSA) is 30.2 Å². The van der Waals surface area contributed by atoms with Crippen LogP contribution in [-0.2, 0) is 17.6 Å². The smallest absolute Gasteiger partial charge is 0.133 e. The zero-order valence-electron chi connectivity index (χ0n) is 10.7. The van der Waals surface area contributed by atoms with Gasteiger partial charge in [-0.05, 0) is 18.6 Å². The van der Waals surface area contributed by atoms with E-state index in [0.717, 1.165) is 43.6 Å². The first-order valence-electron chi connectivity index (χ1n) is 6.46. The number of carbonyl (C=O) groups excluding carboxylic acids is 1. The van der Waals surface area contributed by atoms with Crippen molar-refractivity contribution in [2.45, 2.75) is 51.9 Å². The molecule has 0 spiro atoms. The van der Waals surface area contributed by atoms with Gasteiger partial charge >= 0.3 is 0 Å². The lowest BCUT2D eigenvalue weighted by molar-refractivity contribution is -0.119. The van der Waals surface area contributed by atoms with Crippen molar-refractivity contribution in [2.75, 3.05) is 0 Å². The van der Waals surface area contributed by atoms with Crippen molar-refractivity contribution in [3.8, 4) is 0 Å². The van der Waals surface area contributed by atoms with E-state index in [9.17, 15) is 4.79 Å². The Bertz CT molecular complexity index is 350. The number of hydrogen-bond donors (Lipinski definition) is 0. The predicted octanol–water partition coefficient (Wildman–Crippen LogP) is 4.09. The Morgan fingerprint density at radius 3 is 2.76 bits per heavy atom. The molecule has 0 saturated carbocycles. The van der Waals surface area contributed by atoms with Crippen molar-refractivity contribution in [3.05, 3.63) is 36.3 Å². The first-order chi connectivity index (χ1) is 8.26. The Balaban J connectivity index is 2.24. The van der Waals surface area contributed by atoms with E-state index < -0.39 is 0 Å². The van der Waals surface area contributed by atoms with Gasteiger partial charge in [0, 0.05) is 25.7 Å². The summed E-state index contributed by atoms with van der Waals surface area (Å²) in [5, 5.41) is 0. The van der Waals surface area contributed by atoms with Crippen LogP contribution in [-0.4, -0.2) is 5.78 Å². The van der Waals surface area contributed by atoms with E-state index in [-0.39, 0.29) is 0 Å². The van der Waals surface area contributed by atoms with Crippen LogP contribution in [0.25, 0.3) is 0 Å². The highest BCUT2D eigenvalue weighted by atomic mass is 16.3. The molecule has 94 valence electrons. The van der Waals surface area contributed by atoms with E-state index in [1.165, 1.54) is 0 Å². The summed E-state index contributed by atoms with van der Waals surface area (Å²) in [6.07, 6.45) is 7.95. The zero-order valence-corrected chi connectivity index (χ0v) is 10.7. The largest absolute Gasteiger partial charge is 0.466 e. The lowest BCUT2D eigenvalue weighted by Gasteiger charge is -1.99. The van der Waals surface area contributed by atoms with Crippen LogP contribution in [0.1, 0.15) is 50.5 Å². The van der Waals surface area contributed by atoms with Gasteiger partial charge in [0.1, 0.15) is 17.3 Å². The molecule has 0 amide bonds. The van der Waals surface area contributed by atoms with Gasteiger partial charge in [-0.1, -0.05) is 25.8 Å². The van der Waals surface area contributed by atoms with Gasteiger partial charge in [0.2, 0.25) is 0 Å². The molecule has 2 heteroatoms. The molecule has 1 aromatic rings. The maximum absolute atomic E-state index is 11.6. The third-order valence-corrected chi connectivity index (χ3v) is 2.77. The quantitative estimate of drug-likeness (QED) is 0.476. The first-order valence-corrected chi connectivity index (χ1v) is 6.46. The van der Waals surface area contributed by atoms with Crippen molar-refractivity contribution in [3.63, 3.8) is 0 Å². The van der Waals surface area contributed by atoms with Crippen molar-refractivity contribution >= 4 is 5.78 Å². The van der Waals surface area contributed by atoms with Crippen molar-refractivity contribution < 1.29 is 9.21 Å². The van der Waals surface area contributed by atoms with E-state index >= 15 is 0 Å². The monoisotopic (exact) mass is 234 g/mol. The number of hydrogen-bond acceptors (Lipinski definition) is 2. The van der Waals surface area contributed by atoms with Crippen LogP contribution in [0.15, 0.2) is 29.2 Å². The minimum atomic E-state index is 0.347. The fourth-order valence-electron chi connectivity index (χ4n) is 1.77. The number of Topliss-reactive ketones (excluding diaryl/α,β-unsaturated/α-hetero) is 1. The molecule has 0 unspecified atom stereocenters. The van der Waals surface area contributed by atoms with Crippen molar-refractivity contribution in [2.24, 2.45) is 0 Å². The van der Waals surface area contributed by atoms with E-state index in [0.29, 0.717) is 18.6 Å². The highest BCUT2D eigenvalue weighted by molar-refractivity contribution is 5.78. The molecule has 0 bridgehead atoms. The minimum Gasteiger partial charge on any atom is -0.466 e. The Labute approximate surface area is 104 Å². The van der Waals surface area contributed by atoms with Crippen LogP contribution in [0.3, 0.4) is 0 Å². The average molecular weight is 234 g/mol. The van der Waals surface area contributed by atoms with Crippen LogP contribution in [0.5, 0.6) is 0 Å². The highest BCUT2D eigenvalue weighted by Crippen LogP contribution is 2.12. The number of unbranched alkanes of at least 4 members (excludes halogenated alkanes) is 2. The number of ketones is 1. The van der Waals surface area contributed by atoms with Gasteiger partial charge in [0.15, 0.2) is 0 Å². The van der Waals surface area contributed by atoms with E-state index in [1.54, 1.807) is 0 Å². The van der Waals surface area contributed by atoms with Gasteiger partial charge in [0.25, 0.3) is 0 Å². The molecule has 0 saturated heterocycles. The second kappa shape index (κ2) is 7.88. The Morgan fingerprint density at radius 2 is 2.06 bits per heavy atom. The van der Waals surface area contributed by atoms with Crippen LogP contribution in [0, 0.1) is 0 Å². The number of allylic oxidation sites excluding steroid dienone is 1. The molecule has 0 aliphatic carbocycles. The summed E-state index contributed by atoms with van der Waals surface area (Å²) >= 11 is 0. The fraction of sp³-hybridized carbons (Fsp3) is 0.533. The predicted molar refractivity (Wildman–Crippen MR) is 70.1 cm³/mol. The van der Waals surface area contributed by atoms with Gasteiger partial charge < -0.3 is 4.42 Å². The summed E-state index contributed by atoms with van der Waals surface area (Å²) in [6, 6.07) is 3.91. The normalized spacial score (nSPS) is 10.4. The molecule has 2 nitrogen and oxygen atoms in total. The third kappa shape index (κ3) is 5.53. The summed E-state index contributed by atoms with van der Waals surface area (Å²) < 4.78 is 5.58. The summed E-state index contributed by atoms with van der Waals surface area (Å²) in [7, 11) is 0. The molecule has 0 aromatic carbocycles. The average Bonchev–Trinajstić information content (AvgIpc) is 2.75. The van der Waals surface area contributed by atoms with E-state index in [1.807, 2.05) is 18.2 Å². The molecule has 0 atom stereocenters. The van der Waals surface area contributed by atoms with Crippen LogP contribution < -0.4 is 0 Å². The number of rotatable bonds is 9. The number of carbonyl (C=O) groups is 1. The third-order valence-electron chi connectivity index (χ3n) is 2.77. The molecule has 0 radical (unpaired) electrons. The van der Waals surface area contributed by atoms with Gasteiger partial charge in [-0.15, -0.1) is 6.58 Å². The van der Waals surface area contributed by atoms with Crippen LogP contribution in [0.2, 0.25) is 0 Å². The van der Waals surface area contributed by atoms with Gasteiger partial charge in [-0.2, -0.15) is 0 Å². The summed E-state index contributed by atoms with van der Waals surface area (Å²) in [5.41, 5.74) is 0. The van der Waals surface area contributed by atoms with Crippen molar-refractivity contribution in [1.29, 1.82) is 0 Å². The standard InChI is InChI=1S/C15H22O2/c1-3-5-6-8-13(16)9-10-15-12-11-14(17-15)7-4-2/h4,11-12H,2-3,5-10H2,1H3. The SMILES string of the molecule is C=CCc1ccc(CCC(=O)CCCCC)o1. The molecule has 0 N–H and O–H groups in total. The second-order valence-electron chi connectivity index (χ2n) is 4.36. The van der Waals surface area contributed by atoms with Crippen molar-refractivity contribution in [1.82, 2.24) is 0 Å². The molecule has 0 fully saturated rings. The van der Waals surface area contributed by atoms with Gasteiger partial charge in [0.05, 0.1) is 0 Å². The molecule has 0 aliphatic heterocycles. The van der Waals surface area contributed by atoms with Crippen LogP contribution >= 0.6 is 0 Å². The molecular formula is C15H22O2. The maximum atomic E-state index is 11.6. The zero-order chi connectivity index (χ0) is 12.5. The molecule has 1 rings (SSSR count). The van der Waals surface area contributed by atoms with Crippen LogP contribution in [0.4, 0.5) is 0 Å². The van der Waals surface area contributed by atoms with Gasteiger partial charge in [-0.25, -0.2) is 0 Å². The number of furan rings is 1. The lowest BCUT2D eigenvalue weighted by Crippen LogP contribution is -1.99. The Hall–Kier alpha value is -1.31. The molecular weight excluding hydrogens is 212 g/mol. The molecule has 0 aliphatic rings. The van der Waals surface area contributed by atoms with E-state index in [4.69, 9.17) is 4.42 Å². The van der Waals surface area contributed by atoms with Gasteiger partial charge in [-0.3, -0.25) is 4.79 Å². The maximum Gasteiger partial charge on any atom is 0.133 e. The first kappa shape index (κ1) is 13.8. The van der Waals surface area contributed by atoms with E-state index in [2.05, 4.69) is 13.5 Å². The summed E-state index contributed by atoms with van der Waals surface area (Å²) in [6.45, 7) is 5.81. The second-order valence-corrected chi connectivity index (χ2v) is 4.36. The highest BCUT2D eigenvalue weighted by Gasteiger charge is 2.05. The number of aryl methyl sites for hydroxylation is 1.